The number of hydrogen-bond acceptors (Lipinski definition) is 5. The van der Waals surface area contributed by atoms with Crippen molar-refractivity contribution in [3.05, 3.63) is 94.8 Å². The molecule has 3 heterocycles. The lowest BCUT2D eigenvalue weighted by atomic mass is 10.1. The third kappa shape index (κ3) is 4.17. The molecule has 0 spiro atoms. The predicted octanol–water partition coefficient (Wildman–Crippen LogP) is 3.89. The van der Waals surface area contributed by atoms with Gasteiger partial charge in [-0.15, -0.1) is 5.10 Å². The van der Waals surface area contributed by atoms with Crippen molar-refractivity contribution >= 4 is 5.91 Å². The number of aromatic nitrogens is 4. The molecule has 0 aliphatic carbocycles. The summed E-state index contributed by atoms with van der Waals surface area (Å²) in [5.74, 6) is -1.43. The van der Waals surface area contributed by atoms with Crippen molar-refractivity contribution in [3.8, 4) is 17.1 Å². The smallest absolute Gasteiger partial charge is 0.260 e. The van der Waals surface area contributed by atoms with Crippen LogP contribution >= 0.6 is 0 Å². The molecule has 2 aromatic carbocycles. The Bertz CT molecular complexity index is 1340. The average molecular weight is 447 g/mol. The van der Waals surface area contributed by atoms with E-state index < -0.39 is 11.6 Å². The van der Waals surface area contributed by atoms with E-state index in [0.717, 1.165) is 34.5 Å². The first-order chi connectivity index (χ1) is 16.0. The van der Waals surface area contributed by atoms with E-state index in [2.05, 4.69) is 15.3 Å². The number of carbonyl (C=O) groups is 1. The minimum atomic E-state index is -0.708. The molecule has 0 N–H and O–H groups in total. The molecule has 5 rings (SSSR count). The number of aryl methyl sites for hydroxylation is 1. The van der Waals surface area contributed by atoms with Gasteiger partial charge in [0.05, 0.1) is 6.20 Å². The Hall–Kier alpha value is -4.14. The summed E-state index contributed by atoms with van der Waals surface area (Å²) >= 11 is 0. The molecule has 0 saturated heterocycles. The fourth-order valence-corrected chi connectivity index (χ4v) is 3.78. The van der Waals surface area contributed by atoms with Crippen molar-refractivity contribution in [2.45, 2.75) is 19.7 Å². The highest BCUT2D eigenvalue weighted by Gasteiger charge is 2.31. The van der Waals surface area contributed by atoms with Crippen LogP contribution < -0.4 is 4.74 Å². The van der Waals surface area contributed by atoms with Crippen LogP contribution in [-0.4, -0.2) is 30.8 Å². The third-order valence-corrected chi connectivity index (χ3v) is 5.47. The van der Waals surface area contributed by atoms with Gasteiger partial charge in [-0.3, -0.25) is 9.48 Å². The van der Waals surface area contributed by atoms with E-state index >= 15 is 0 Å². The second kappa shape index (κ2) is 8.42. The molecular weight excluding hydrogens is 428 g/mol. The molecule has 0 fully saturated rings. The van der Waals surface area contributed by atoms with Crippen LogP contribution in [0.1, 0.15) is 27.0 Å². The Morgan fingerprint density at radius 1 is 1.09 bits per heavy atom. The van der Waals surface area contributed by atoms with Gasteiger partial charge in [-0.05, 0) is 29.3 Å². The SMILES string of the molecule is Cn1cc(-c2ccc(CN3Cc4ccnc(OCc5ccc(F)cc5F)c4C3=O)cc2)nn1. The summed E-state index contributed by atoms with van der Waals surface area (Å²) in [6.07, 6.45) is 3.39. The normalized spacial score (nSPS) is 12.8. The standard InChI is InChI=1S/C24H19F2N5O2/c1-30-13-21(28-29-30)16-4-2-15(3-5-16)11-31-12-17-8-9-27-23(22(17)24(31)32)33-14-18-6-7-19(25)10-20(18)26/h2-10,13H,11-12,14H2,1H3. The number of carbonyl (C=O) groups excluding carboxylic acids is 1. The van der Waals surface area contributed by atoms with Crippen LogP contribution in [0.15, 0.2) is 60.9 Å². The average Bonchev–Trinajstić information content (AvgIpc) is 3.37. The predicted molar refractivity (Wildman–Crippen MR) is 115 cm³/mol. The van der Waals surface area contributed by atoms with Gasteiger partial charge in [0.2, 0.25) is 5.88 Å². The number of amides is 1. The zero-order chi connectivity index (χ0) is 22.9. The Morgan fingerprint density at radius 3 is 2.64 bits per heavy atom. The fraction of sp³-hybridized carbons (Fsp3) is 0.167. The van der Waals surface area contributed by atoms with Crippen molar-refractivity contribution < 1.29 is 18.3 Å². The Balaban J connectivity index is 1.30. The summed E-state index contributed by atoms with van der Waals surface area (Å²) in [4.78, 5) is 19.0. The number of nitrogens with zero attached hydrogens (tertiary/aromatic N) is 5. The quantitative estimate of drug-likeness (QED) is 0.448. The number of ether oxygens (including phenoxy) is 1. The van der Waals surface area contributed by atoms with Gasteiger partial charge in [-0.2, -0.15) is 0 Å². The molecule has 1 aliphatic rings. The largest absolute Gasteiger partial charge is 0.472 e. The van der Waals surface area contributed by atoms with Crippen LogP contribution in [0.2, 0.25) is 0 Å². The molecule has 1 amide bonds. The number of benzene rings is 2. The van der Waals surface area contributed by atoms with E-state index in [1.165, 1.54) is 6.07 Å². The van der Waals surface area contributed by atoms with E-state index in [1.54, 1.807) is 21.8 Å². The van der Waals surface area contributed by atoms with Gasteiger partial charge >= 0.3 is 0 Å². The lowest BCUT2D eigenvalue weighted by Crippen LogP contribution is -2.23. The van der Waals surface area contributed by atoms with Gasteiger partial charge < -0.3 is 9.64 Å². The molecule has 166 valence electrons. The zero-order valence-corrected chi connectivity index (χ0v) is 17.7. The monoisotopic (exact) mass is 447 g/mol. The minimum Gasteiger partial charge on any atom is -0.472 e. The molecule has 4 aromatic rings. The van der Waals surface area contributed by atoms with E-state index in [4.69, 9.17) is 4.74 Å². The van der Waals surface area contributed by atoms with Crippen LogP contribution in [0.5, 0.6) is 5.88 Å². The topological polar surface area (TPSA) is 73.1 Å². The second-order valence-electron chi connectivity index (χ2n) is 7.81. The van der Waals surface area contributed by atoms with Crippen molar-refractivity contribution in [1.29, 1.82) is 0 Å². The summed E-state index contributed by atoms with van der Waals surface area (Å²) in [5.41, 5.74) is 4.03. The second-order valence-corrected chi connectivity index (χ2v) is 7.81. The van der Waals surface area contributed by atoms with Crippen molar-refractivity contribution in [3.63, 3.8) is 0 Å². The highest BCUT2D eigenvalue weighted by atomic mass is 19.1. The number of pyridine rings is 1. The van der Waals surface area contributed by atoms with Crippen molar-refractivity contribution in [1.82, 2.24) is 24.9 Å². The lowest BCUT2D eigenvalue weighted by molar-refractivity contribution is 0.0762. The molecule has 9 heteroatoms. The highest BCUT2D eigenvalue weighted by Crippen LogP contribution is 2.31. The van der Waals surface area contributed by atoms with E-state index in [9.17, 15) is 13.6 Å². The first-order valence-electron chi connectivity index (χ1n) is 10.3. The summed E-state index contributed by atoms with van der Waals surface area (Å²) in [5, 5.41) is 8.04. The van der Waals surface area contributed by atoms with E-state index in [1.807, 2.05) is 37.5 Å². The fourth-order valence-electron chi connectivity index (χ4n) is 3.78. The molecule has 7 nitrogen and oxygen atoms in total. The van der Waals surface area contributed by atoms with Crippen LogP contribution in [0.4, 0.5) is 8.78 Å². The molecular formula is C24H19F2N5O2. The van der Waals surface area contributed by atoms with Gasteiger partial charge in [-0.1, -0.05) is 29.5 Å². The van der Waals surface area contributed by atoms with E-state index in [-0.39, 0.29) is 24.0 Å². The molecule has 33 heavy (non-hydrogen) atoms. The lowest BCUT2D eigenvalue weighted by Gasteiger charge is -2.16. The molecule has 1 aliphatic heterocycles. The van der Waals surface area contributed by atoms with Crippen molar-refractivity contribution in [2.75, 3.05) is 0 Å². The van der Waals surface area contributed by atoms with Crippen LogP contribution in [0.3, 0.4) is 0 Å². The van der Waals surface area contributed by atoms with Gasteiger partial charge in [0.15, 0.2) is 0 Å². The van der Waals surface area contributed by atoms with Crippen LogP contribution in [0.25, 0.3) is 11.3 Å². The first kappa shape index (κ1) is 20.7. The first-order valence-corrected chi connectivity index (χ1v) is 10.3. The maximum Gasteiger partial charge on any atom is 0.260 e. The maximum absolute atomic E-state index is 13.9. The Morgan fingerprint density at radius 2 is 1.91 bits per heavy atom. The maximum atomic E-state index is 13.9. The van der Waals surface area contributed by atoms with E-state index in [0.29, 0.717) is 18.7 Å². The zero-order valence-electron chi connectivity index (χ0n) is 17.7. The van der Waals surface area contributed by atoms with Gasteiger partial charge in [0, 0.05) is 43.5 Å². The van der Waals surface area contributed by atoms with Crippen LogP contribution in [-0.2, 0) is 26.7 Å². The molecule has 0 radical (unpaired) electrons. The summed E-state index contributed by atoms with van der Waals surface area (Å²) in [6, 6.07) is 12.8. The molecule has 2 aromatic heterocycles. The molecule has 0 atom stereocenters. The number of halogens is 2. The van der Waals surface area contributed by atoms with Gasteiger partial charge in [-0.25, -0.2) is 13.8 Å². The molecule has 0 saturated carbocycles. The molecule has 0 bridgehead atoms. The summed E-state index contributed by atoms with van der Waals surface area (Å²) in [7, 11) is 1.81. The Labute approximate surface area is 188 Å². The van der Waals surface area contributed by atoms with Crippen molar-refractivity contribution in [2.24, 2.45) is 7.05 Å². The van der Waals surface area contributed by atoms with Gasteiger partial charge in [0.25, 0.3) is 5.91 Å². The third-order valence-electron chi connectivity index (χ3n) is 5.47. The summed E-state index contributed by atoms with van der Waals surface area (Å²) < 4.78 is 34.3. The highest BCUT2D eigenvalue weighted by molar-refractivity contribution is 6.00. The number of hydrogen-bond donors (Lipinski definition) is 0. The summed E-state index contributed by atoms with van der Waals surface area (Å²) in [6.45, 7) is 0.677. The molecule has 0 unspecified atom stereocenters. The Kier molecular flexibility index (Phi) is 5.29. The van der Waals surface area contributed by atoms with Gasteiger partial charge in [0.1, 0.15) is 29.5 Å². The number of fused-ring (bicyclic) bond motifs is 1. The number of rotatable bonds is 6. The minimum absolute atomic E-state index is 0.140. The van der Waals surface area contributed by atoms with Crippen LogP contribution in [0, 0.1) is 11.6 Å².